The lowest BCUT2D eigenvalue weighted by Gasteiger charge is -2.21. The third kappa shape index (κ3) is 4.42. The molecular formula is C13H22N2O4S2. The van der Waals surface area contributed by atoms with Gasteiger partial charge in [-0.15, -0.1) is 0 Å². The molecule has 0 radical (unpaired) electrons. The number of sulfone groups is 1. The number of nitrogens with one attached hydrogen (secondary N) is 1. The zero-order chi connectivity index (χ0) is 16.4. The van der Waals surface area contributed by atoms with Crippen molar-refractivity contribution < 1.29 is 16.8 Å². The SMILES string of the molecule is CCC(NS(=O)(=O)c1cc(S(C)(=O)=O)ccc1N)C(C)C. The Morgan fingerprint density at radius 3 is 2.19 bits per heavy atom. The normalized spacial score (nSPS) is 14.3. The Morgan fingerprint density at radius 2 is 1.76 bits per heavy atom. The first-order chi connectivity index (χ1) is 9.49. The molecule has 1 unspecified atom stereocenters. The molecule has 0 aliphatic rings. The lowest BCUT2D eigenvalue weighted by molar-refractivity contribution is 0.437. The number of nitrogens with two attached hydrogens (primary N) is 1. The van der Waals surface area contributed by atoms with E-state index in [2.05, 4.69) is 4.72 Å². The van der Waals surface area contributed by atoms with Crippen molar-refractivity contribution in [2.24, 2.45) is 5.92 Å². The number of anilines is 1. The van der Waals surface area contributed by atoms with E-state index in [4.69, 9.17) is 5.73 Å². The van der Waals surface area contributed by atoms with Gasteiger partial charge in [0.15, 0.2) is 9.84 Å². The highest BCUT2D eigenvalue weighted by molar-refractivity contribution is 7.91. The first-order valence-corrected chi connectivity index (χ1v) is 9.98. The van der Waals surface area contributed by atoms with Crippen molar-refractivity contribution in [3.63, 3.8) is 0 Å². The molecule has 0 amide bonds. The third-order valence-electron chi connectivity index (χ3n) is 3.25. The number of sulfonamides is 1. The van der Waals surface area contributed by atoms with Crippen molar-refractivity contribution in [3.05, 3.63) is 18.2 Å². The highest BCUT2D eigenvalue weighted by Crippen LogP contribution is 2.23. The second-order valence-electron chi connectivity index (χ2n) is 5.35. The second kappa shape index (κ2) is 6.33. The highest BCUT2D eigenvalue weighted by atomic mass is 32.2. The molecule has 0 saturated heterocycles. The molecule has 1 atom stereocenters. The van der Waals surface area contributed by atoms with Gasteiger partial charge in [0.25, 0.3) is 0 Å². The first-order valence-electron chi connectivity index (χ1n) is 6.61. The lowest BCUT2D eigenvalue weighted by Crippen LogP contribution is -2.38. The molecule has 0 spiro atoms. The van der Waals surface area contributed by atoms with Gasteiger partial charge >= 0.3 is 0 Å². The van der Waals surface area contributed by atoms with Crippen LogP contribution in [0.25, 0.3) is 0 Å². The molecule has 120 valence electrons. The Hall–Kier alpha value is -1.12. The van der Waals surface area contributed by atoms with Crippen LogP contribution in [0.2, 0.25) is 0 Å². The molecule has 0 aliphatic heterocycles. The van der Waals surface area contributed by atoms with E-state index in [0.717, 1.165) is 12.3 Å². The molecule has 0 bridgehead atoms. The van der Waals surface area contributed by atoms with Gasteiger partial charge in [0.05, 0.1) is 10.6 Å². The molecule has 0 aliphatic carbocycles. The van der Waals surface area contributed by atoms with Crippen molar-refractivity contribution in [2.45, 2.75) is 43.0 Å². The Labute approximate surface area is 126 Å². The monoisotopic (exact) mass is 334 g/mol. The molecule has 8 heteroatoms. The summed E-state index contributed by atoms with van der Waals surface area (Å²) >= 11 is 0. The summed E-state index contributed by atoms with van der Waals surface area (Å²) in [6.07, 6.45) is 1.65. The van der Waals surface area contributed by atoms with Crippen LogP contribution in [-0.2, 0) is 19.9 Å². The average molecular weight is 334 g/mol. The number of rotatable bonds is 6. The molecule has 0 aromatic heterocycles. The second-order valence-corrected chi connectivity index (χ2v) is 9.05. The highest BCUT2D eigenvalue weighted by Gasteiger charge is 2.24. The standard InChI is InChI=1S/C13H22N2O4S2/c1-5-12(9(2)3)15-21(18,19)13-8-10(20(4,16)17)6-7-11(13)14/h6-9,12,15H,5,14H2,1-4H3. The molecule has 3 N–H and O–H groups in total. The molecule has 0 heterocycles. The summed E-state index contributed by atoms with van der Waals surface area (Å²) in [7, 11) is -7.37. The van der Waals surface area contributed by atoms with Crippen LogP contribution in [-0.4, -0.2) is 29.1 Å². The third-order valence-corrected chi connectivity index (χ3v) is 5.91. The zero-order valence-corrected chi connectivity index (χ0v) is 14.3. The molecule has 21 heavy (non-hydrogen) atoms. The predicted octanol–water partition coefficient (Wildman–Crippen LogP) is 1.39. The smallest absolute Gasteiger partial charge is 0.242 e. The number of hydrogen-bond acceptors (Lipinski definition) is 5. The van der Waals surface area contributed by atoms with E-state index in [1.54, 1.807) is 0 Å². The summed E-state index contributed by atoms with van der Waals surface area (Å²) in [6, 6.07) is 3.45. The maximum atomic E-state index is 12.4. The molecule has 6 nitrogen and oxygen atoms in total. The molecular weight excluding hydrogens is 312 g/mol. The Bertz CT molecular complexity index is 710. The van der Waals surface area contributed by atoms with Gasteiger partial charge in [0, 0.05) is 12.3 Å². The van der Waals surface area contributed by atoms with Crippen molar-refractivity contribution in [3.8, 4) is 0 Å². The van der Waals surface area contributed by atoms with Crippen molar-refractivity contribution >= 4 is 25.5 Å². The maximum Gasteiger partial charge on any atom is 0.242 e. The Balaban J connectivity index is 3.31. The van der Waals surface area contributed by atoms with E-state index in [1.165, 1.54) is 12.1 Å². The minimum atomic E-state index is -3.87. The van der Waals surface area contributed by atoms with E-state index in [-0.39, 0.29) is 27.4 Å². The van der Waals surface area contributed by atoms with Gasteiger partial charge in [-0.2, -0.15) is 0 Å². The van der Waals surface area contributed by atoms with E-state index in [9.17, 15) is 16.8 Å². The predicted molar refractivity (Wildman–Crippen MR) is 83.2 cm³/mol. The van der Waals surface area contributed by atoms with Crippen LogP contribution in [0.15, 0.2) is 28.0 Å². The van der Waals surface area contributed by atoms with Crippen molar-refractivity contribution in [1.29, 1.82) is 0 Å². The molecule has 1 aromatic rings. The largest absolute Gasteiger partial charge is 0.398 e. The van der Waals surface area contributed by atoms with Gasteiger partial charge < -0.3 is 5.73 Å². The fourth-order valence-corrected chi connectivity index (χ4v) is 4.28. The van der Waals surface area contributed by atoms with E-state index in [0.29, 0.717) is 6.42 Å². The molecule has 0 fully saturated rings. The quantitative estimate of drug-likeness (QED) is 0.765. The van der Waals surface area contributed by atoms with Crippen molar-refractivity contribution in [1.82, 2.24) is 4.72 Å². The number of benzene rings is 1. The number of hydrogen-bond donors (Lipinski definition) is 2. The van der Waals surface area contributed by atoms with Crippen LogP contribution >= 0.6 is 0 Å². The van der Waals surface area contributed by atoms with Gasteiger partial charge in [-0.05, 0) is 30.5 Å². The van der Waals surface area contributed by atoms with Crippen LogP contribution in [0.3, 0.4) is 0 Å². The van der Waals surface area contributed by atoms with E-state index in [1.807, 2.05) is 20.8 Å². The fraction of sp³-hybridized carbons (Fsp3) is 0.538. The van der Waals surface area contributed by atoms with Crippen LogP contribution in [0.5, 0.6) is 0 Å². The first kappa shape index (κ1) is 17.9. The minimum Gasteiger partial charge on any atom is -0.398 e. The van der Waals surface area contributed by atoms with E-state index >= 15 is 0 Å². The molecule has 1 rings (SSSR count). The maximum absolute atomic E-state index is 12.4. The van der Waals surface area contributed by atoms with Crippen LogP contribution < -0.4 is 10.5 Å². The molecule has 1 aromatic carbocycles. The van der Waals surface area contributed by atoms with Gasteiger partial charge in [0.1, 0.15) is 4.90 Å². The number of nitrogen functional groups attached to an aromatic ring is 1. The lowest BCUT2D eigenvalue weighted by atomic mass is 10.0. The van der Waals surface area contributed by atoms with Crippen LogP contribution in [0.4, 0.5) is 5.69 Å². The average Bonchev–Trinajstić information content (AvgIpc) is 2.34. The van der Waals surface area contributed by atoms with Crippen LogP contribution in [0.1, 0.15) is 27.2 Å². The van der Waals surface area contributed by atoms with Gasteiger partial charge in [-0.3, -0.25) is 0 Å². The van der Waals surface area contributed by atoms with E-state index < -0.39 is 19.9 Å². The summed E-state index contributed by atoms with van der Waals surface area (Å²) in [6.45, 7) is 5.70. The Kier molecular flexibility index (Phi) is 5.40. The van der Waals surface area contributed by atoms with Crippen LogP contribution in [0, 0.1) is 5.92 Å². The summed E-state index contributed by atoms with van der Waals surface area (Å²) in [5.41, 5.74) is 5.72. The van der Waals surface area contributed by atoms with Crippen molar-refractivity contribution in [2.75, 3.05) is 12.0 Å². The topological polar surface area (TPSA) is 106 Å². The fourth-order valence-electron chi connectivity index (χ4n) is 1.93. The van der Waals surface area contributed by atoms with Gasteiger partial charge in [-0.25, -0.2) is 21.6 Å². The summed E-state index contributed by atoms with van der Waals surface area (Å²) in [5, 5.41) is 0. The zero-order valence-electron chi connectivity index (χ0n) is 12.6. The Morgan fingerprint density at radius 1 is 1.19 bits per heavy atom. The van der Waals surface area contributed by atoms with Gasteiger partial charge in [-0.1, -0.05) is 20.8 Å². The summed E-state index contributed by atoms with van der Waals surface area (Å²) < 4.78 is 50.5. The molecule has 0 saturated carbocycles. The van der Waals surface area contributed by atoms with Gasteiger partial charge in [0.2, 0.25) is 10.0 Å². The minimum absolute atomic E-state index is 0.0218. The summed E-state index contributed by atoms with van der Waals surface area (Å²) in [4.78, 5) is -0.279. The summed E-state index contributed by atoms with van der Waals surface area (Å²) in [5.74, 6) is 0.115.